The topological polar surface area (TPSA) is 46.2 Å². The summed E-state index contributed by atoms with van der Waals surface area (Å²) in [5.74, 6) is 0.309. The molecule has 3 nitrogen and oxygen atoms in total. The Labute approximate surface area is 145 Å². The van der Waals surface area contributed by atoms with E-state index < -0.39 is 11.5 Å². The molecule has 1 saturated carbocycles. The molecule has 1 aromatic rings. The van der Waals surface area contributed by atoms with Gasteiger partial charge in [0.25, 0.3) is 0 Å². The lowest BCUT2D eigenvalue weighted by atomic mass is 9.70. The fraction of sp³-hybridized carbons (Fsp3) is 0.619. The molecule has 1 aromatic carbocycles. The van der Waals surface area contributed by atoms with E-state index in [1.165, 1.54) is 5.56 Å². The van der Waals surface area contributed by atoms with E-state index >= 15 is 0 Å². The molecule has 3 heteroatoms. The molecule has 2 aliphatic rings. The number of rotatable bonds is 2. The molecule has 0 aromatic heterocycles. The van der Waals surface area contributed by atoms with E-state index in [-0.39, 0.29) is 17.6 Å². The highest BCUT2D eigenvalue weighted by Gasteiger charge is 2.54. The van der Waals surface area contributed by atoms with Crippen LogP contribution in [0.15, 0.2) is 12.1 Å². The Morgan fingerprint density at radius 2 is 1.54 bits per heavy atom. The van der Waals surface area contributed by atoms with Crippen LogP contribution in [-0.4, -0.2) is 17.2 Å². The summed E-state index contributed by atoms with van der Waals surface area (Å²) >= 11 is 0. The van der Waals surface area contributed by atoms with Crippen molar-refractivity contribution in [3.8, 4) is 0 Å². The second-order valence-electron chi connectivity index (χ2n) is 8.26. The van der Waals surface area contributed by atoms with Gasteiger partial charge in [-0.15, -0.1) is 0 Å². The van der Waals surface area contributed by atoms with E-state index in [1.54, 1.807) is 0 Å². The summed E-state index contributed by atoms with van der Waals surface area (Å²) in [7, 11) is 0. The number of aryl methyl sites for hydroxylation is 3. The summed E-state index contributed by atoms with van der Waals surface area (Å²) in [5.41, 5.74) is 3.47. The summed E-state index contributed by atoms with van der Waals surface area (Å²) in [6, 6.07) is 4.14. The van der Waals surface area contributed by atoms with Crippen molar-refractivity contribution in [2.24, 2.45) is 11.8 Å². The Balaban J connectivity index is 1.95. The molecule has 3 rings (SSSR count). The SMILES string of the molecule is Cc1cc(C)c(C2C(=O)NC(C)(C3CCC(C)CC3)C2=O)c(C)c1. The molecule has 2 atom stereocenters. The fourth-order valence-electron chi connectivity index (χ4n) is 4.86. The van der Waals surface area contributed by atoms with Crippen molar-refractivity contribution in [3.63, 3.8) is 0 Å². The molecule has 1 amide bonds. The zero-order valence-corrected chi connectivity index (χ0v) is 15.5. The number of nitrogens with one attached hydrogen (secondary N) is 1. The fourth-order valence-corrected chi connectivity index (χ4v) is 4.86. The number of benzene rings is 1. The molecule has 24 heavy (non-hydrogen) atoms. The molecular weight excluding hydrogens is 298 g/mol. The number of Topliss-reactive ketones (excluding diaryl/α,β-unsaturated/α-hetero) is 1. The van der Waals surface area contributed by atoms with E-state index in [0.29, 0.717) is 0 Å². The van der Waals surface area contributed by atoms with Crippen molar-refractivity contribution in [2.75, 3.05) is 0 Å². The zero-order valence-electron chi connectivity index (χ0n) is 15.5. The van der Waals surface area contributed by atoms with Gasteiger partial charge in [-0.3, -0.25) is 9.59 Å². The van der Waals surface area contributed by atoms with Crippen LogP contribution >= 0.6 is 0 Å². The van der Waals surface area contributed by atoms with Gasteiger partial charge in [-0.2, -0.15) is 0 Å². The van der Waals surface area contributed by atoms with Gasteiger partial charge in [-0.1, -0.05) is 37.5 Å². The van der Waals surface area contributed by atoms with Gasteiger partial charge in [0.05, 0.1) is 5.54 Å². The predicted octanol–water partition coefficient (Wildman–Crippen LogP) is 3.98. The maximum absolute atomic E-state index is 13.3. The first-order valence-corrected chi connectivity index (χ1v) is 9.18. The largest absolute Gasteiger partial charge is 0.343 e. The Bertz CT molecular complexity index is 662. The van der Waals surface area contributed by atoms with E-state index in [1.807, 2.05) is 27.7 Å². The van der Waals surface area contributed by atoms with Crippen LogP contribution < -0.4 is 5.32 Å². The lowest BCUT2D eigenvalue weighted by molar-refractivity contribution is -0.126. The molecule has 0 spiro atoms. The van der Waals surface area contributed by atoms with Gasteiger partial charge < -0.3 is 5.32 Å². The first-order valence-electron chi connectivity index (χ1n) is 9.18. The smallest absolute Gasteiger partial charge is 0.235 e. The van der Waals surface area contributed by atoms with Gasteiger partial charge in [-0.25, -0.2) is 0 Å². The average Bonchev–Trinajstić information content (AvgIpc) is 2.71. The maximum Gasteiger partial charge on any atom is 0.235 e. The molecular formula is C21H29NO2. The number of carbonyl (C=O) groups is 2. The lowest BCUT2D eigenvalue weighted by Crippen LogP contribution is -2.51. The van der Waals surface area contributed by atoms with Gasteiger partial charge in [-0.05, 0) is 69.1 Å². The normalized spacial score (nSPS) is 33.6. The van der Waals surface area contributed by atoms with E-state index in [4.69, 9.17) is 0 Å². The van der Waals surface area contributed by atoms with Crippen molar-refractivity contribution in [1.82, 2.24) is 5.32 Å². The van der Waals surface area contributed by atoms with Gasteiger partial charge in [0.2, 0.25) is 5.91 Å². The minimum Gasteiger partial charge on any atom is -0.343 e. The average molecular weight is 327 g/mol. The summed E-state index contributed by atoms with van der Waals surface area (Å²) in [5, 5.41) is 3.09. The molecule has 2 fully saturated rings. The Morgan fingerprint density at radius 3 is 2.08 bits per heavy atom. The second kappa shape index (κ2) is 6.02. The quantitative estimate of drug-likeness (QED) is 0.835. The molecule has 1 saturated heterocycles. The number of hydrogen-bond donors (Lipinski definition) is 1. The highest BCUT2D eigenvalue weighted by molar-refractivity contribution is 6.17. The molecule has 0 radical (unpaired) electrons. The summed E-state index contributed by atoms with van der Waals surface area (Å²) in [6.45, 7) is 10.3. The minimum atomic E-state index is -0.703. The van der Waals surface area contributed by atoms with E-state index in [9.17, 15) is 9.59 Å². The van der Waals surface area contributed by atoms with Crippen LogP contribution in [0.2, 0.25) is 0 Å². The second-order valence-corrected chi connectivity index (χ2v) is 8.26. The third-order valence-electron chi connectivity index (χ3n) is 6.28. The lowest BCUT2D eigenvalue weighted by Gasteiger charge is -2.37. The highest BCUT2D eigenvalue weighted by atomic mass is 16.2. The van der Waals surface area contributed by atoms with Crippen molar-refractivity contribution >= 4 is 11.7 Å². The molecule has 1 aliphatic carbocycles. The van der Waals surface area contributed by atoms with Gasteiger partial charge in [0.1, 0.15) is 5.92 Å². The van der Waals surface area contributed by atoms with Crippen LogP contribution in [0.3, 0.4) is 0 Å². The molecule has 0 bridgehead atoms. The number of ketones is 1. The minimum absolute atomic E-state index is 0.0714. The summed E-state index contributed by atoms with van der Waals surface area (Å²) in [6.07, 6.45) is 4.36. The Kier molecular flexibility index (Phi) is 4.31. The van der Waals surface area contributed by atoms with Crippen molar-refractivity contribution in [1.29, 1.82) is 0 Å². The van der Waals surface area contributed by atoms with Crippen LogP contribution in [0.5, 0.6) is 0 Å². The molecule has 1 aliphatic heterocycles. The van der Waals surface area contributed by atoms with Gasteiger partial charge >= 0.3 is 0 Å². The van der Waals surface area contributed by atoms with Crippen molar-refractivity contribution in [3.05, 3.63) is 34.4 Å². The van der Waals surface area contributed by atoms with Crippen LogP contribution in [-0.2, 0) is 9.59 Å². The molecule has 130 valence electrons. The van der Waals surface area contributed by atoms with Crippen molar-refractivity contribution in [2.45, 2.75) is 71.8 Å². The van der Waals surface area contributed by atoms with E-state index in [0.717, 1.165) is 48.3 Å². The summed E-state index contributed by atoms with van der Waals surface area (Å²) < 4.78 is 0. The third-order valence-corrected chi connectivity index (χ3v) is 6.28. The van der Waals surface area contributed by atoms with Crippen LogP contribution in [0.1, 0.15) is 67.7 Å². The Hall–Kier alpha value is -1.64. The van der Waals surface area contributed by atoms with E-state index in [2.05, 4.69) is 24.4 Å². The number of carbonyl (C=O) groups excluding carboxylic acids is 2. The van der Waals surface area contributed by atoms with Crippen LogP contribution in [0, 0.1) is 32.6 Å². The molecule has 2 unspecified atom stereocenters. The third kappa shape index (κ3) is 2.68. The standard InChI is InChI=1S/C21H29NO2/c1-12-6-8-16(9-7-12)21(5)19(23)18(20(24)22-21)17-14(3)10-13(2)11-15(17)4/h10-12,16,18H,6-9H2,1-5H3,(H,22,24). The first kappa shape index (κ1) is 17.2. The van der Waals surface area contributed by atoms with Gasteiger partial charge in [0.15, 0.2) is 5.78 Å². The molecule has 1 N–H and O–H groups in total. The van der Waals surface area contributed by atoms with Crippen molar-refractivity contribution < 1.29 is 9.59 Å². The van der Waals surface area contributed by atoms with Crippen LogP contribution in [0.4, 0.5) is 0 Å². The molecule has 1 heterocycles. The van der Waals surface area contributed by atoms with Gasteiger partial charge in [0, 0.05) is 0 Å². The number of amides is 1. The van der Waals surface area contributed by atoms with Crippen LogP contribution in [0.25, 0.3) is 0 Å². The number of hydrogen-bond acceptors (Lipinski definition) is 2. The first-order chi connectivity index (χ1) is 11.2. The highest BCUT2D eigenvalue weighted by Crippen LogP contribution is 2.42. The summed E-state index contributed by atoms with van der Waals surface area (Å²) in [4.78, 5) is 26.1. The Morgan fingerprint density at radius 1 is 1.00 bits per heavy atom. The monoisotopic (exact) mass is 327 g/mol. The predicted molar refractivity (Wildman–Crippen MR) is 96.1 cm³/mol. The zero-order chi connectivity index (χ0) is 17.6. The maximum atomic E-state index is 13.3.